The topological polar surface area (TPSA) is 12.0 Å². The zero-order chi connectivity index (χ0) is 12.3. The molecule has 0 amide bonds. The average Bonchev–Trinajstić information content (AvgIpc) is 2.70. The molecule has 0 aromatic heterocycles. The van der Waals surface area contributed by atoms with E-state index in [0.29, 0.717) is 4.47 Å². The zero-order valence-corrected chi connectivity index (χ0v) is 11.8. The molecule has 3 heteroatoms. The molecule has 0 bridgehead atoms. The fraction of sp³-hybridized carbons (Fsp3) is 0.571. The third kappa shape index (κ3) is 3.78. The summed E-state index contributed by atoms with van der Waals surface area (Å²) in [4.78, 5) is 0. The van der Waals surface area contributed by atoms with E-state index in [2.05, 4.69) is 28.2 Å². The van der Waals surface area contributed by atoms with Gasteiger partial charge in [-0.25, -0.2) is 4.39 Å². The third-order valence-corrected chi connectivity index (χ3v) is 4.19. The van der Waals surface area contributed by atoms with E-state index in [-0.39, 0.29) is 5.82 Å². The van der Waals surface area contributed by atoms with Gasteiger partial charge in [-0.2, -0.15) is 0 Å². The van der Waals surface area contributed by atoms with Crippen LogP contribution in [0.4, 0.5) is 4.39 Å². The van der Waals surface area contributed by atoms with Gasteiger partial charge in [-0.1, -0.05) is 19.4 Å². The molecule has 0 saturated heterocycles. The molecular weight excluding hydrogens is 281 g/mol. The van der Waals surface area contributed by atoms with Crippen molar-refractivity contribution >= 4 is 15.9 Å². The maximum atomic E-state index is 13.3. The summed E-state index contributed by atoms with van der Waals surface area (Å²) in [6.45, 7) is 4.14. The lowest BCUT2D eigenvalue weighted by atomic mass is 10.1. The lowest BCUT2D eigenvalue weighted by molar-refractivity contribution is 0.470. The van der Waals surface area contributed by atoms with Crippen LogP contribution in [0.15, 0.2) is 22.7 Å². The highest BCUT2D eigenvalue weighted by Crippen LogP contribution is 2.29. The molecule has 0 aliphatic heterocycles. The van der Waals surface area contributed by atoms with Crippen molar-refractivity contribution < 1.29 is 4.39 Å². The second-order valence-electron chi connectivity index (χ2n) is 5.16. The first-order chi connectivity index (χ1) is 8.15. The van der Waals surface area contributed by atoms with Crippen LogP contribution in [-0.4, -0.2) is 6.54 Å². The van der Waals surface area contributed by atoms with Crippen LogP contribution in [0.25, 0.3) is 0 Å². The van der Waals surface area contributed by atoms with Crippen LogP contribution in [0.2, 0.25) is 0 Å². The Labute approximate surface area is 111 Å². The summed E-state index contributed by atoms with van der Waals surface area (Å²) in [6.07, 6.45) is 4.03. The van der Waals surface area contributed by atoms with Crippen LogP contribution >= 0.6 is 15.9 Å². The Bertz CT molecular complexity index is 380. The lowest BCUT2D eigenvalue weighted by Gasteiger charge is -2.11. The molecule has 1 aliphatic carbocycles. The number of rotatable bonds is 4. The lowest BCUT2D eigenvalue weighted by Crippen LogP contribution is -2.21. The van der Waals surface area contributed by atoms with Gasteiger partial charge in [-0.15, -0.1) is 0 Å². The molecule has 2 rings (SSSR count). The van der Waals surface area contributed by atoms with Gasteiger partial charge in [0.2, 0.25) is 0 Å². The second kappa shape index (κ2) is 5.96. The predicted octanol–water partition coefficient (Wildman–Crippen LogP) is 4.11. The number of benzene rings is 1. The first-order valence-electron chi connectivity index (χ1n) is 6.30. The summed E-state index contributed by atoms with van der Waals surface area (Å²) in [6, 6.07) is 5.32. The van der Waals surface area contributed by atoms with Crippen LogP contribution in [-0.2, 0) is 6.54 Å². The number of halogens is 2. The van der Waals surface area contributed by atoms with Crippen molar-refractivity contribution in [3.05, 3.63) is 34.1 Å². The smallest absolute Gasteiger partial charge is 0.137 e. The normalized spacial score (nSPS) is 24.2. The molecule has 2 atom stereocenters. The Morgan fingerprint density at radius 1 is 1.41 bits per heavy atom. The maximum Gasteiger partial charge on any atom is 0.137 e. The molecule has 17 heavy (non-hydrogen) atoms. The summed E-state index contributed by atoms with van der Waals surface area (Å²) in [5.41, 5.74) is 1.01. The van der Waals surface area contributed by atoms with E-state index in [9.17, 15) is 4.39 Å². The van der Waals surface area contributed by atoms with E-state index in [1.54, 1.807) is 12.1 Å². The summed E-state index contributed by atoms with van der Waals surface area (Å²) < 4.78 is 13.8. The van der Waals surface area contributed by atoms with Gasteiger partial charge in [-0.3, -0.25) is 0 Å². The van der Waals surface area contributed by atoms with E-state index < -0.39 is 0 Å². The average molecular weight is 300 g/mol. The van der Waals surface area contributed by atoms with E-state index in [4.69, 9.17) is 0 Å². The Morgan fingerprint density at radius 3 is 2.88 bits per heavy atom. The summed E-state index contributed by atoms with van der Waals surface area (Å²) >= 11 is 3.16. The maximum absolute atomic E-state index is 13.3. The largest absolute Gasteiger partial charge is 0.312 e. The predicted molar refractivity (Wildman–Crippen MR) is 72.3 cm³/mol. The molecule has 1 N–H and O–H groups in total. The fourth-order valence-corrected chi connectivity index (χ4v) is 2.83. The van der Waals surface area contributed by atoms with E-state index in [1.807, 2.05) is 6.07 Å². The minimum Gasteiger partial charge on any atom is -0.312 e. The van der Waals surface area contributed by atoms with Gasteiger partial charge in [0.05, 0.1) is 4.47 Å². The van der Waals surface area contributed by atoms with Gasteiger partial charge in [0.25, 0.3) is 0 Å². The Kier molecular flexibility index (Phi) is 4.57. The summed E-state index contributed by atoms with van der Waals surface area (Å²) in [5, 5.41) is 3.43. The Balaban J connectivity index is 1.76. The van der Waals surface area contributed by atoms with Gasteiger partial charge in [0, 0.05) is 6.54 Å². The van der Waals surface area contributed by atoms with Crippen molar-refractivity contribution in [2.24, 2.45) is 11.8 Å². The molecule has 1 aliphatic rings. The molecule has 94 valence electrons. The fourth-order valence-electron chi connectivity index (χ4n) is 2.58. The van der Waals surface area contributed by atoms with Crippen molar-refractivity contribution in [2.45, 2.75) is 32.7 Å². The van der Waals surface area contributed by atoms with Crippen LogP contribution in [0.5, 0.6) is 0 Å². The van der Waals surface area contributed by atoms with Crippen molar-refractivity contribution in [3.63, 3.8) is 0 Å². The zero-order valence-electron chi connectivity index (χ0n) is 10.2. The summed E-state index contributed by atoms with van der Waals surface area (Å²) in [5.74, 6) is 1.51. The molecule has 0 radical (unpaired) electrons. The number of hydrogen-bond acceptors (Lipinski definition) is 1. The molecule has 2 unspecified atom stereocenters. The highest BCUT2D eigenvalue weighted by atomic mass is 79.9. The van der Waals surface area contributed by atoms with Crippen LogP contribution in [0, 0.1) is 17.7 Å². The van der Waals surface area contributed by atoms with E-state index in [1.165, 1.54) is 19.3 Å². The van der Waals surface area contributed by atoms with Gasteiger partial charge >= 0.3 is 0 Å². The molecule has 0 heterocycles. The van der Waals surface area contributed by atoms with E-state index in [0.717, 1.165) is 30.5 Å². The Morgan fingerprint density at radius 2 is 2.24 bits per heavy atom. The van der Waals surface area contributed by atoms with Gasteiger partial charge in [-0.05, 0) is 64.8 Å². The molecule has 0 spiro atoms. The first-order valence-corrected chi connectivity index (χ1v) is 7.09. The SMILES string of the molecule is CC1CCC(CNCc2ccc(Br)c(F)c2)C1. The molecular formula is C14H19BrFN. The van der Waals surface area contributed by atoms with Crippen molar-refractivity contribution in [1.29, 1.82) is 0 Å². The van der Waals surface area contributed by atoms with E-state index >= 15 is 0 Å². The van der Waals surface area contributed by atoms with Crippen LogP contribution in [0.3, 0.4) is 0 Å². The van der Waals surface area contributed by atoms with Crippen LogP contribution in [0.1, 0.15) is 31.7 Å². The third-order valence-electron chi connectivity index (χ3n) is 3.55. The van der Waals surface area contributed by atoms with Crippen molar-refractivity contribution in [1.82, 2.24) is 5.32 Å². The Hall–Kier alpha value is -0.410. The minimum absolute atomic E-state index is 0.182. The molecule has 1 aromatic carbocycles. The van der Waals surface area contributed by atoms with Crippen molar-refractivity contribution in [3.8, 4) is 0 Å². The minimum atomic E-state index is -0.182. The van der Waals surface area contributed by atoms with Gasteiger partial charge < -0.3 is 5.32 Å². The highest BCUT2D eigenvalue weighted by molar-refractivity contribution is 9.10. The number of nitrogens with one attached hydrogen (secondary N) is 1. The van der Waals surface area contributed by atoms with Gasteiger partial charge in [0.15, 0.2) is 0 Å². The molecule has 1 aromatic rings. The quantitative estimate of drug-likeness (QED) is 0.882. The molecule has 1 nitrogen and oxygen atoms in total. The first kappa shape index (κ1) is 13.0. The summed E-state index contributed by atoms with van der Waals surface area (Å²) in [7, 11) is 0. The van der Waals surface area contributed by atoms with Crippen LogP contribution < -0.4 is 5.32 Å². The molecule has 1 saturated carbocycles. The number of hydrogen-bond donors (Lipinski definition) is 1. The highest BCUT2D eigenvalue weighted by Gasteiger charge is 2.20. The van der Waals surface area contributed by atoms with Gasteiger partial charge in [0.1, 0.15) is 5.82 Å². The molecule has 1 fully saturated rings. The monoisotopic (exact) mass is 299 g/mol. The second-order valence-corrected chi connectivity index (χ2v) is 6.02. The van der Waals surface area contributed by atoms with Crippen molar-refractivity contribution in [2.75, 3.05) is 6.54 Å². The standard InChI is InChI=1S/C14H19BrFN/c1-10-2-3-11(6-10)8-17-9-12-4-5-13(15)14(16)7-12/h4-5,7,10-11,17H,2-3,6,8-9H2,1H3.